The SMILES string of the molecule is CN(C)c1ccc(C(O)NC23CC(NC(=O)COc4ccc(Cl)c(F)c4)(C2)C3)cc1. The Morgan fingerprint density at radius 1 is 1.20 bits per heavy atom. The summed E-state index contributed by atoms with van der Waals surface area (Å²) in [6.07, 6.45) is 1.52. The Hall–Kier alpha value is -2.35. The zero-order chi connectivity index (χ0) is 21.5. The monoisotopic (exact) mass is 433 g/mol. The molecule has 8 heteroatoms. The molecule has 3 aliphatic rings. The van der Waals surface area contributed by atoms with E-state index in [1.54, 1.807) is 0 Å². The number of rotatable bonds is 8. The topological polar surface area (TPSA) is 73.8 Å². The van der Waals surface area contributed by atoms with Crippen molar-refractivity contribution in [3.05, 3.63) is 58.9 Å². The van der Waals surface area contributed by atoms with Crippen LogP contribution in [0.1, 0.15) is 31.1 Å². The minimum atomic E-state index is -0.752. The lowest BCUT2D eigenvalue weighted by molar-refractivity contribution is -0.151. The number of carbonyl (C=O) groups excluding carboxylic acids is 1. The van der Waals surface area contributed by atoms with Gasteiger partial charge in [0.2, 0.25) is 0 Å². The van der Waals surface area contributed by atoms with Gasteiger partial charge in [0.05, 0.1) is 5.02 Å². The third-order valence-electron chi connectivity index (χ3n) is 5.86. The van der Waals surface area contributed by atoms with Gasteiger partial charge < -0.3 is 20.1 Å². The number of aliphatic hydroxyl groups excluding tert-OH is 1. The number of amides is 1. The quantitative estimate of drug-likeness (QED) is 0.558. The lowest BCUT2D eigenvalue weighted by Crippen LogP contribution is -2.83. The summed E-state index contributed by atoms with van der Waals surface area (Å²) < 4.78 is 18.8. The second-order valence-corrected chi connectivity index (χ2v) is 8.94. The number of anilines is 1. The Morgan fingerprint density at radius 2 is 1.87 bits per heavy atom. The summed E-state index contributed by atoms with van der Waals surface area (Å²) in [6, 6.07) is 11.8. The summed E-state index contributed by atoms with van der Waals surface area (Å²) in [5.41, 5.74) is 1.49. The molecule has 0 spiro atoms. The van der Waals surface area contributed by atoms with E-state index in [0.717, 1.165) is 36.6 Å². The summed E-state index contributed by atoms with van der Waals surface area (Å²) in [7, 11) is 3.94. The van der Waals surface area contributed by atoms with Crippen LogP contribution in [-0.4, -0.2) is 42.8 Å². The number of halogens is 2. The van der Waals surface area contributed by atoms with Gasteiger partial charge in [0.15, 0.2) is 6.61 Å². The van der Waals surface area contributed by atoms with Crippen LogP contribution in [0.2, 0.25) is 5.02 Å². The molecule has 2 bridgehead atoms. The zero-order valence-electron chi connectivity index (χ0n) is 16.9. The molecule has 0 aliphatic heterocycles. The highest BCUT2D eigenvalue weighted by Gasteiger charge is 2.68. The van der Waals surface area contributed by atoms with E-state index in [1.807, 2.05) is 43.3 Å². The maximum absolute atomic E-state index is 13.4. The molecular formula is C22H25ClFN3O3. The number of hydrogen-bond donors (Lipinski definition) is 3. The van der Waals surface area contributed by atoms with E-state index in [9.17, 15) is 14.3 Å². The number of benzene rings is 2. The smallest absolute Gasteiger partial charge is 0.258 e. The first kappa shape index (κ1) is 20.9. The van der Waals surface area contributed by atoms with Crippen LogP contribution < -0.4 is 20.3 Å². The predicted octanol–water partition coefficient (Wildman–Crippen LogP) is 3.00. The molecule has 0 radical (unpaired) electrons. The van der Waals surface area contributed by atoms with Gasteiger partial charge in [-0.05, 0) is 49.1 Å². The predicted molar refractivity (Wildman–Crippen MR) is 113 cm³/mol. The molecule has 0 saturated heterocycles. The van der Waals surface area contributed by atoms with E-state index >= 15 is 0 Å². The fraction of sp³-hybridized carbons (Fsp3) is 0.409. The van der Waals surface area contributed by atoms with E-state index in [2.05, 4.69) is 10.6 Å². The van der Waals surface area contributed by atoms with Crippen LogP contribution in [0.4, 0.5) is 10.1 Å². The van der Waals surface area contributed by atoms with Gasteiger partial charge in [-0.1, -0.05) is 23.7 Å². The number of aliphatic hydroxyl groups is 1. The van der Waals surface area contributed by atoms with Crippen molar-refractivity contribution in [2.45, 2.75) is 36.6 Å². The molecule has 0 heterocycles. The summed E-state index contributed by atoms with van der Waals surface area (Å²) in [5, 5.41) is 16.8. The first-order chi connectivity index (χ1) is 14.2. The number of nitrogens with one attached hydrogen (secondary N) is 2. The first-order valence-electron chi connectivity index (χ1n) is 9.81. The van der Waals surface area contributed by atoms with E-state index in [1.165, 1.54) is 12.1 Å². The summed E-state index contributed by atoms with van der Waals surface area (Å²) in [6.45, 7) is -0.190. The highest BCUT2D eigenvalue weighted by Crippen LogP contribution is 2.60. The maximum atomic E-state index is 13.4. The lowest BCUT2D eigenvalue weighted by atomic mass is 9.44. The molecule has 30 heavy (non-hydrogen) atoms. The summed E-state index contributed by atoms with van der Waals surface area (Å²) >= 11 is 5.63. The van der Waals surface area contributed by atoms with Gasteiger partial charge >= 0.3 is 0 Å². The van der Waals surface area contributed by atoms with Crippen LogP contribution in [0.25, 0.3) is 0 Å². The molecule has 0 aromatic heterocycles. The average molecular weight is 434 g/mol. The minimum Gasteiger partial charge on any atom is -0.484 e. The van der Waals surface area contributed by atoms with E-state index < -0.39 is 12.0 Å². The van der Waals surface area contributed by atoms with Crippen LogP contribution in [0, 0.1) is 5.82 Å². The molecule has 3 fully saturated rings. The Kier molecular flexibility index (Phi) is 5.38. The van der Waals surface area contributed by atoms with Crippen molar-refractivity contribution in [1.29, 1.82) is 0 Å². The van der Waals surface area contributed by atoms with Gasteiger partial charge in [0.1, 0.15) is 17.8 Å². The molecule has 5 rings (SSSR count). The van der Waals surface area contributed by atoms with E-state index in [4.69, 9.17) is 16.3 Å². The third-order valence-corrected chi connectivity index (χ3v) is 6.17. The van der Waals surface area contributed by atoms with Gasteiger partial charge in [-0.15, -0.1) is 0 Å². The molecule has 2 aromatic rings. The van der Waals surface area contributed by atoms with Crippen LogP contribution in [0.3, 0.4) is 0 Å². The Morgan fingerprint density at radius 3 is 2.47 bits per heavy atom. The van der Waals surface area contributed by atoms with Crippen molar-refractivity contribution in [3.8, 4) is 5.75 Å². The second kappa shape index (κ2) is 7.72. The molecule has 160 valence electrons. The fourth-order valence-electron chi connectivity index (χ4n) is 4.45. The Balaban J connectivity index is 1.23. The molecule has 6 nitrogen and oxygen atoms in total. The molecule has 3 aliphatic carbocycles. The minimum absolute atomic E-state index is 0.00861. The molecule has 1 unspecified atom stereocenters. The number of nitrogens with zero attached hydrogens (tertiary/aromatic N) is 1. The van der Waals surface area contributed by atoms with Crippen molar-refractivity contribution in [2.24, 2.45) is 0 Å². The van der Waals surface area contributed by atoms with Crippen molar-refractivity contribution < 1.29 is 19.0 Å². The average Bonchev–Trinajstić information content (AvgIpc) is 2.66. The van der Waals surface area contributed by atoms with E-state index in [-0.39, 0.29) is 34.4 Å². The van der Waals surface area contributed by atoms with Crippen molar-refractivity contribution in [3.63, 3.8) is 0 Å². The Labute approximate surface area is 180 Å². The molecule has 2 aromatic carbocycles. The zero-order valence-corrected chi connectivity index (χ0v) is 17.7. The van der Waals surface area contributed by atoms with Crippen LogP contribution >= 0.6 is 11.6 Å². The highest BCUT2D eigenvalue weighted by atomic mass is 35.5. The van der Waals surface area contributed by atoms with Gasteiger partial charge in [-0.25, -0.2) is 4.39 Å². The van der Waals surface area contributed by atoms with Crippen LogP contribution in [0.15, 0.2) is 42.5 Å². The lowest BCUT2D eigenvalue weighted by Gasteiger charge is -2.71. The van der Waals surface area contributed by atoms with Crippen LogP contribution in [-0.2, 0) is 4.79 Å². The van der Waals surface area contributed by atoms with Crippen LogP contribution in [0.5, 0.6) is 5.75 Å². The van der Waals surface area contributed by atoms with Crippen molar-refractivity contribution >= 4 is 23.2 Å². The number of ether oxygens (including phenoxy) is 1. The van der Waals surface area contributed by atoms with E-state index in [0.29, 0.717) is 0 Å². The van der Waals surface area contributed by atoms with Gasteiger partial charge in [0, 0.05) is 36.9 Å². The highest BCUT2D eigenvalue weighted by molar-refractivity contribution is 6.30. The molecule has 1 amide bonds. The standard InChI is InChI=1S/C22H25ClFN3O3/c1-27(2)15-5-3-14(4-6-15)20(29)26-22-11-21(12-22,13-22)25-19(28)10-30-16-7-8-17(23)18(24)9-16/h3-9,20,26,29H,10-13H2,1-2H3,(H,25,28). The molecule has 3 N–H and O–H groups in total. The number of carbonyl (C=O) groups is 1. The molecule has 1 atom stereocenters. The second-order valence-electron chi connectivity index (χ2n) is 8.54. The van der Waals surface area contributed by atoms with Crippen molar-refractivity contribution in [2.75, 3.05) is 25.6 Å². The summed E-state index contributed by atoms with van der Waals surface area (Å²) in [5.74, 6) is -0.582. The Bertz CT molecular complexity index is 931. The van der Waals surface area contributed by atoms with Gasteiger partial charge in [-0.3, -0.25) is 10.1 Å². The molecular weight excluding hydrogens is 409 g/mol. The maximum Gasteiger partial charge on any atom is 0.258 e. The normalized spacial score (nSPS) is 25.0. The summed E-state index contributed by atoms with van der Waals surface area (Å²) in [4.78, 5) is 14.2. The first-order valence-corrected chi connectivity index (χ1v) is 10.2. The third kappa shape index (κ3) is 4.10. The largest absolute Gasteiger partial charge is 0.484 e. The van der Waals surface area contributed by atoms with Crippen molar-refractivity contribution in [1.82, 2.24) is 10.6 Å². The molecule has 3 saturated carbocycles. The van der Waals surface area contributed by atoms with Gasteiger partial charge in [0.25, 0.3) is 5.91 Å². The fourth-order valence-corrected chi connectivity index (χ4v) is 4.57. The van der Waals surface area contributed by atoms with Gasteiger partial charge in [-0.2, -0.15) is 0 Å². The number of hydrogen-bond acceptors (Lipinski definition) is 5.